The average Bonchev–Trinajstić information content (AvgIpc) is 1.98. The van der Waals surface area contributed by atoms with Crippen molar-refractivity contribution in [3.63, 3.8) is 0 Å². The molecule has 0 saturated carbocycles. The number of hydrogen-bond donors (Lipinski definition) is 2. The molecule has 1 rings (SSSR count). The van der Waals surface area contributed by atoms with E-state index in [-0.39, 0.29) is 5.76 Å². The van der Waals surface area contributed by atoms with E-state index in [9.17, 15) is 4.79 Å². The highest BCUT2D eigenvalue weighted by atomic mass is 32.1. The van der Waals surface area contributed by atoms with Crippen molar-refractivity contribution in [3.8, 4) is 0 Å². The smallest absolute Gasteiger partial charge is 0.298 e. The second kappa shape index (κ2) is 1.70. The van der Waals surface area contributed by atoms with E-state index in [1.165, 1.54) is 6.08 Å². The molecule has 0 fully saturated rings. The van der Waals surface area contributed by atoms with Gasteiger partial charge >= 0.3 is 0 Å². The molecule has 1 amide bonds. The molecule has 0 bridgehead atoms. The number of rotatable bonds is 0. The third-order valence-corrected chi connectivity index (χ3v) is 1.26. The SMILES string of the molecule is O=C1C(O)=CCN1S. The minimum atomic E-state index is -0.423. The number of aliphatic hydroxyl groups excluding tert-OH is 1. The molecule has 44 valence electrons. The van der Waals surface area contributed by atoms with E-state index in [0.717, 1.165) is 4.31 Å². The van der Waals surface area contributed by atoms with Gasteiger partial charge in [-0.25, -0.2) is 0 Å². The van der Waals surface area contributed by atoms with Gasteiger partial charge in [-0.15, -0.1) is 0 Å². The van der Waals surface area contributed by atoms with Crippen molar-refractivity contribution in [2.24, 2.45) is 0 Å². The van der Waals surface area contributed by atoms with Crippen LogP contribution in [-0.4, -0.2) is 21.9 Å². The topological polar surface area (TPSA) is 40.5 Å². The van der Waals surface area contributed by atoms with E-state index >= 15 is 0 Å². The van der Waals surface area contributed by atoms with Gasteiger partial charge in [-0.1, -0.05) is 12.8 Å². The fourth-order valence-electron chi connectivity index (χ4n) is 0.475. The molecule has 0 saturated heterocycles. The molecule has 0 aromatic carbocycles. The Balaban J connectivity index is 2.73. The Hall–Kier alpha value is -0.640. The highest BCUT2D eigenvalue weighted by Gasteiger charge is 2.19. The van der Waals surface area contributed by atoms with Crippen LogP contribution in [0.3, 0.4) is 0 Å². The zero-order valence-corrected chi connectivity index (χ0v) is 4.93. The van der Waals surface area contributed by atoms with E-state index in [0.29, 0.717) is 6.54 Å². The van der Waals surface area contributed by atoms with Gasteiger partial charge in [0.1, 0.15) is 0 Å². The lowest BCUT2D eigenvalue weighted by Gasteiger charge is -2.02. The predicted molar refractivity (Wildman–Crippen MR) is 31.4 cm³/mol. The van der Waals surface area contributed by atoms with Crippen molar-refractivity contribution in [1.82, 2.24) is 4.31 Å². The largest absolute Gasteiger partial charge is 0.503 e. The molecule has 0 aromatic rings. The number of carbonyl (C=O) groups excluding carboxylic acids is 1. The van der Waals surface area contributed by atoms with Gasteiger partial charge in [-0.05, 0) is 6.08 Å². The third kappa shape index (κ3) is 0.667. The van der Waals surface area contributed by atoms with Crippen LogP contribution >= 0.6 is 12.8 Å². The zero-order chi connectivity index (χ0) is 6.15. The summed E-state index contributed by atoms with van der Waals surface area (Å²) in [6, 6.07) is 0. The molecule has 1 N–H and O–H groups in total. The first-order valence-electron chi connectivity index (χ1n) is 2.11. The number of nitrogens with zero attached hydrogens (tertiary/aromatic N) is 1. The summed E-state index contributed by atoms with van der Waals surface area (Å²) >= 11 is 3.72. The highest BCUT2D eigenvalue weighted by molar-refractivity contribution is 7.78. The van der Waals surface area contributed by atoms with Gasteiger partial charge in [0.05, 0.1) is 6.54 Å². The fraction of sp³-hybridized carbons (Fsp3) is 0.250. The maximum absolute atomic E-state index is 10.4. The number of amides is 1. The predicted octanol–water partition coefficient (Wildman–Crippen LogP) is 0.115. The minimum Gasteiger partial charge on any atom is -0.503 e. The highest BCUT2D eigenvalue weighted by Crippen LogP contribution is 2.08. The summed E-state index contributed by atoms with van der Waals surface area (Å²) in [7, 11) is 0. The number of aliphatic hydroxyl groups is 1. The lowest BCUT2D eigenvalue weighted by Crippen LogP contribution is -2.15. The van der Waals surface area contributed by atoms with Crippen LogP contribution in [0.1, 0.15) is 0 Å². The molecule has 0 aliphatic carbocycles. The summed E-state index contributed by atoms with van der Waals surface area (Å²) in [5.41, 5.74) is 0. The summed E-state index contributed by atoms with van der Waals surface area (Å²) in [5, 5.41) is 8.59. The third-order valence-electron chi connectivity index (χ3n) is 0.911. The summed E-state index contributed by atoms with van der Waals surface area (Å²) in [6.07, 6.45) is 1.41. The van der Waals surface area contributed by atoms with Crippen LogP contribution in [0.25, 0.3) is 0 Å². The van der Waals surface area contributed by atoms with E-state index in [1.807, 2.05) is 0 Å². The normalized spacial score (nSPS) is 19.4. The molecule has 1 aliphatic rings. The Morgan fingerprint density at radius 3 is 2.62 bits per heavy atom. The average molecular weight is 131 g/mol. The van der Waals surface area contributed by atoms with Crippen LogP contribution in [0.2, 0.25) is 0 Å². The molecular formula is C4H5NO2S. The molecule has 0 aromatic heterocycles. The van der Waals surface area contributed by atoms with Crippen molar-refractivity contribution >= 4 is 18.7 Å². The van der Waals surface area contributed by atoms with Crippen molar-refractivity contribution in [2.45, 2.75) is 0 Å². The van der Waals surface area contributed by atoms with Gasteiger partial charge in [0, 0.05) is 0 Å². The van der Waals surface area contributed by atoms with Gasteiger partial charge in [0.15, 0.2) is 5.76 Å². The number of hydrogen-bond acceptors (Lipinski definition) is 3. The van der Waals surface area contributed by atoms with Gasteiger partial charge in [0.25, 0.3) is 5.91 Å². The Bertz CT molecular complexity index is 154. The van der Waals surface area contributed by atoms with E-state index in [1.54, 1.807) is 0 Å². The first-order valence-corrected chi connectivity index (χ1v) is 2.51. The van der Waals surface area contributed by atoms with Gasteiger partial charge in [-0.2, -0.15) is 0 Å². The van der Waals surface area contributed by atoms with Crippen LogP contribution in [-0.2, 0) is 4.79 Å². The Labute approximate surface area is 52.1 Å². The van der Waals surface area contributed by atoms with Crippen molar-refractivity contribution in [1.29, 1.82) is 0 Å². The van der Waals surface area contributed by atoms with Crippen LogP contribution < -0.4 is 0 Å². The molecule has 1 aliphatic heterocycles. The van der Waals surface area contributed by atoms with Crippen molar-refractivity contribution in [3.05, 3.63) is 11.8 Å². The van der Waals surface area contributed by atoms with Gasteiger partial charge in [0.2, 0.25) is 0 Å². The summed E-state index contributed by atoms with van der Waals surface area (Å²) in [6.45, 7) is 0.397. The van der Waals surface area contributed by atoms with Crippen molar-refractivity contribution < 1.29 is 9.90 Å². The maximum atomic E-state index is 10.4. The monoisotopic (exact) mass is 131 g/mol. The maximum Gasteiger partial charge on any atom is 0.298 e. The molecule has 3 nitrogen and oxygen atoms in total. The molecular weight excluding hydrogens is 126 g/mol. The van der Waals surface area contributed by atoms with E-state index in [4.69, 9.17) is 5.11 Å². The molecule has 1 heterocycles. The number of thiol groups is 1. The first-order chi connectivity index (χ1) is 3.72. The Morgan fingerprint density at radius 2 is 2.50 bits per heavy atom. The molecule has 0 unspecified atom stereocenters. The second-order valence-corrected chi connectivity index (χ2v) is 1.96. The summed E-state index contributed by atoms with van der Waals surface area (Å²) in [5.74, 6) is -0.631. The second-order valence-electron chi connectivity index (χ2n) is 1.48. The quantitative estimate of drug-likeness (QED) is 0.458. The number of carbonyl (C=O) groups is 1. The summed E-state index contributed by atoms with van der Waals surface area (Å²) in [4.78, 5) is 10.4. The van der Waals surface area contributed by atoms with Crippen LogP contribution in [0.15, 0.2) is 11.8 Å². The van der Waals surface area contributed by atoms with E-state index in [2.05, 4.69) is 12.8 Å². The van der Waals surface area contributed by atoms with E-state index < -0.39 is 5.91 Å². The summed E-state index contributed by atoms with van der Waals surface area (Å²) < 4.78 is 1.13. The minimum absolute atomic E-state index is 0.208. The molecule has 0 atom stereocenters. The molecule has 4 heteroatoms. The fourth-order valence-corrected chi connectivity index (χ4v) is 0.659. The van der Waals surface area contributed by atoms with Crippen LogP contribution in [0, 0.1) is 0 Å². The van der Waals surface area contributed by atoms with Gasteiger partial charge < -0.3 is 5.11 Å². The van der Waals surface area contributed by atoms with Crippen molar-refractivity contribution in [2.75, 3.05) is 6.54 Å². The first kappa shape index (κ1) is 5.50. The molecule has 0 spiro atoms. The lowest BCUT2D eigenvalue weighted by atomic mass is 10.5. The van der Waals surface area contributed by atoms with Crippen LogP contribution in [0.4, 0.5) is 0 Å². The lowest BCUT2D eigenvalue weighted by molar-refractivity contribution is -0.123. The van der Waals surface area contributed by atoms with Gasteiger partial charge in [-0.3, -0.25) is 9.10 Å². The molecule has 0 radical (unpaired) electrons. The molecule has 8 heavy (non-hydrogen) atoms. The standard InChI is InChI=1S/C4H5NO2S/c6-3-1-2-5(8)4(3)7/h1,6,8H,2H2. The van der Waals surface area contributed by atoms with Crippen LogP contribution in [0.5, 0.6) is 0 Å². The zero-order valence-electron chi connectivity index (χ0n) is 4.03. The Kier molecular flexibility index (Phi) is 1.17. The Morgan fingerprint density at radius 1 is 1.88 bits per heavy atom.